The molecule has 5 heterocycles. The third-order valence-corrected chi connectivity index (χ3v) is 8.75. The first-order chi connectivity index (χ1) is 24.5. The number of alkyl carbamates (subject to hydrolysis) is 1. The van der Waals surface area contributed by atoms with E-state index in [-0.39, 0.29) is 57.7 Å². The number of ether oxygens (including phenoxy) is 2. The third-order valence-electron chi connectivity index (χ3n) is 7.87. The molecule has 3 N–H and O–H groups in total. The van der Waals surface area contributed by atoms with Gasteiger partial charge in [-0.1, -0.05) is 0 Å². The van der Waals surface area contributed by atoms with Crippen molar-refractivity contribution in [3.63, 3.8) is 0 Å². The van der Waals surface area contributed by atoms with Gasteiger partial charge in [0.15, 0.2) is 5.69 Å². The topological polar surface area (TPSA) is 170 Å². The van der Waals surface area contributed by atoms with E-state index in [0.717, 1.165) is 16.7 Å². The van der Waals surface area contributed by atoms with Gasteiger partial charge in [-0.25, -0.2) is 29.3 Å². The molecule has 1 fully saturated rings. The number of halogens is 3. The Morgan fingerprint density at radius 2 is 1.81 bits per heavy atom. The van der Waals surface area contributed by atoms with Crippen molar-refractivity contribution in [2.45, 2.75) is 72.3 Å². The van der Waals surface area contributed by atoms with Crippen molar-refractivity contribution >= 4 is 52.1 Å². The fraction of sp³-hybridized carbons (Fsp3) is 0.441. The van der Waals surface area contributed by atoms with Crippen molar-refractivity contribution in [1.29, 1.82) is 0 Å². The van der Waals surface area contributed by atoms with E-state index in [4.69, 9.17) is 14.5 Å². The highest BCUT2D eigenvalue weighted by molar-refractivity contribution is 7.13. The second-order valence-electron chi connectivity index (χ2n) is 12.8. The Hall–Kier alpha value is -5.26. The number of anilines is 2. The van der Waals surface area contributed by atoms with E-state index < -0.39 is 41.0 Å². The molecule has 0 spiro atoms. The molecule has 52 heavy (non-hydrogen) atoms. The number of nitrogens with one attached hydrogen (secondary N) is 3. The number of urea groups is 1. The van der Waals surface area contributed by atoms with Gasteiger partial charge in [0.25, 0.3) is 0 Å². The number of pyridine rings is 3. The molecule has 0 radical (unpaired) electrons. The summed E-state index contributed by atoms with van der Waals surface area (Å²) in [7, 11) is 0. The molecule has 1 aliphatic heterocycles. The third kappa shape index (κ3) is 8.43. The number of hydrogen-bond acceptors (Lipinski definition) is 11. The highest BCUT2D eigenvalue weighted by Gasteiger charge is 2.35. The van der Waals surface area contributed by atoms with Crippen LogP contribution in [0.5, 0.6) is 0 Å². The van der Waals surface area contributed by atoms with Crippen molar-refractivity contribution < 1.29 is 37.0 Å². The average Bonchev–Trinajstić information content (AvgIpc) is 3.75. The Balaban J connectivity index is 1.74. The van der Waals surface area contributed by atoms with Crippen LogP contribution in [-0.2, 0) is 22.2 Å². The fourth-order valence-corrected chi connectivity index (χ4v) is 6.50. The number of amides is 3. The van der Waals surface area contributed by atoms with Crippen LogP contribution >= 0.6 is 11.3 Å². The minimum atomic E-state index is -4.72. The van der Waals surface area contributed by atoms with Crippen LogP contribution < -0.4 is 26.3 Å². The van der Waals surface area contributed by atoms with Crippen LogP contribution in [0.4, 0.5) is 34.4 Å². The van der Waals surface area contributed by atoms with Gasteiger partial charge in [-0.2, -0.15) is 13.2 Å². The lowest BCUT2D eigenvalue weighted by atomic mass is 10.00. The Bertz CT molecular complexity index is 2060. The van der Waals surface area contributed by atoms with Gasteiger partial charge in [-0.05, 0) is 60.1 Å². The SMILES string of the molecule is CCNC(=O)Nc1cc(-c2nc(C(F)(F)F)cs2)c(-c2cc3c(=O)c(C(=O)OCC)cn(CC)c3nc2N2CCC(NC(=O)OC(C)(C)C)C2)cn1. The largest absolute Gasteiger partial charge is 0.462 e. The maximum atomic E-state index is 13.9. The summed E-state index contributed by atoms with van der Waals surface area (Å²) in [5.74, 6) is -0.445. The van der Waals surface area contributed by atoms with Crippen LogP contribution in [0.15, 0.2) is 34.7 Å². The zero-order valence-corrected chi connectivity index (χ0v) is 30.3. The minimum absolute atomic E-state index is 0.0319. The van der Waals surface area contributed by atoms with Gasteiger partial charge in [-0.3, -0.25) is 10.1 Å². The van der Waals surface area contributed by atoms with Crippen molar-refractivity contribution in [1.82, 2.24) is 30.2 Å². The van der Waals surface area contributed by atoms with Crippen LogP contribution in [0.3, 0.4) is 0 Å². The molecule has 1 saturated heterocycles. The van der Waals surface area contributed by atoms with Crippen molar-refractivity contribution in [2.75, 3.05) is 36.5 Å². The number of carbonyl (C=O) groups is 3. The minimum Gasteiger partial charge on any atom is -0.462 e. The number of esters is 1. The predicted octanol–water partition coefficient (Wildman–Crippen LogP) is 6.04. The molecular weight excluding hydrogens is 705 g/mol. The van der Waals surface area contributed by atoms with Gasteiger partial charge in [0.05, 0.1) is 18.0 Å². The van der Waals surface area contributed by atoms with Gasteiger partial charge in [-0.15, -0.1) is 11.3 Å². The number of rotatable bonds is 9. The van der Waals surface area contributed by atoms with Crippen LogP contribution in [0.1, 0.15) is 64.0 Å². The second-order valence-corrected chi connectivity index (χ2v) is 13.7. The van der Waals surface area contributed by atoms with Gasteiger partial charge >= 0.3 is 24.3 Å². The van der Waals surface area contributed by atoms with Crippen LogP contribution in [0, 0.1) is 0 Å². The van der Waals surface area contributed by atoms with E-state index in [1.165, 1.54) is 24.5 Å². The van der Waals surface area contributed by atoms with Gasteiger partial charge in [0.1, 0.15) is 33.5 Å². The lowest BCUT2D eigenvalue weighted by Crippen LogP contribution is -2.40. The predicted molar refractivity (Wildman–Crippen MR) is 190 cm³/mol. The normalized spacial score (nSPS) is 14.7. The summed E-state index contributed by atoms with van der Waals surface area (Å²) in [6.45, 7) is 11.8. The first kappa shape index (κ1) is 38.0. The van der Waals surface area contributed by atoms with E-state index in [9.17, 15) is 32.3 Å². The number of thiazole rings is 1. The molecule has 18 heteroatoms. The number of fused-ring (bicyclic) bond motifs is 1. The van der Waals surface area contributed by atoms with E-state index in [1.54, 1.807) is 39.2 Å². The molecule has 0 bridgehead atoms. The zero-order chi connectivity index (χ0) is 38.0. The lowest BCUT2D eigenvalue weighted by molar-refractivity contribution is -0.140. The standard InChI is InChI=1S/C34H39F3N8O6S/c1-7-38-31(48)42-25-13-20(29-41-24(17-52-29)34(35,36)37)22(14-39-25)19-12-21-26(46)23(30(47)50-9-3)16-44(8-2)28(21)43-27(19)45-11-10-18(15-45)40-32(49)51-33(4,5)6/h12-14,16-18H,7-11,15H2,1-6H3,(H,40,49)(H2,38,39,42,48). The Morgan fingerprint density at radius 1 is 1.06 bits per heavy atom. The number of carbonyl (C=O) groups excluding carboxylic acids is 3. The zero-order valence-electron chi connectivity index (χ0n) is 29.4. The van der Waals surface area contributed by atoms with E-state index in [0.29, 0.717) is 37.4 Å². The molecule has 1 atom stereocenters. The maximum absolute atomic E-state index is 13.9. The number of nitrogens with zero attached hydrogens (tertiary/aromatic N) is 5. The van der Waals surface area contributed by atoms with Crippen LogP contribution in [0.25, 0.3) is 32.7 Å². The highest BCUT2D eigenvalue weighted by Crippen LogP contribution is 2.42. The summed E-state index contributed by atoms with van der Waals surface area (Å²) < 4.78 is 53.5. The summed E-state index contributed by atoms with van der Waals surface area (Å²) >= 11 is 0.741. The van der Waals surface area contributed by atoms with E-state index in [2.05, 4.69) is 25.9 Å². The Morgan fingerprint density at radius 3 is 2.44 bits per heavy atom. The smallest absolute Gasteiger partial charge is 0.434 e. The molecule has 0 saturated carbocycles. The number of hydrogen-bond donors (Lipinski definition) is 3. The lowest BCUT2D eigenvalue weighted by Gasteiger charge is -2.24. The quantitative estimate of drug-likeness (QED) is 0.172. The fourth-order valence-electron chi connectivity index (χ4n) is 5.64. The highest BCUT2D eigenvalue weighted by atomic mass is 32.1. The Kier molecular flexibility index (Phi) is 11.1. The monoisotopic (exact) mass is 744 g/mol. The number of aryl methyl sites for hydroxylation is 1. The van der Waals surface area contributed by atoms with Gasteiger partial charge < -0.3 is 29.6 Å². The van der Waals surface area contributed by atoms with Crippen molar-refractivity contribution in [3.8, 4) is 21.7 Å². The summed E-state index contributed by atoms with van der Waals surface area (Å²) in [6.07, 6.45) is -2.07. The first-order valence-corrected chi connectivity index (χ1v) is 17.5. The van der Waals surface area contributed by atoms with E-state index in [1.807, 2.05) is 11.8 Å². The molecule has 3 amide bonds. The number of aromatic nitrogens is 4. The molecule has 1 unspecified atom stereocenters. The number of alkyl halides is 3. The summed E-state index contributed by atoms with van der Waals surface area (Å²) in [5.41, 5.74) is -1.72. The van der Waals surface area contributed by atoms with Crippen LogP contribution in [-0.4, -0.2) is 75.5 Å². The molecule has 278 valence electrons. The molecular formula is C34H39F3N8O6S. The van der Waals surface area contributed by atoms with Gasteiger partial charge in [0, 0.05) is 60.6 Å². The molecule has 0 aliphatic carbocycles. The van der Waals surface area contributed by atoms with Gasteiger partial charge in [0.2, 0.25) is 5.43 Å². The molecule has 1 aliphatic rings. The molecule has 0 aromatic carbocycles. The Labute approximate surface area is 300 Å². The molecule has 5 rings (SSSR count). The van der Waals surface area contributed by atoms with Crippen LogP contribution in [0.2, 0.25) is 0 Å². The molecule has 14 nitrogen and oxygen atoms in total. The summed E-state index contributed by atoms with van der Waals surface area (Å²) in [5, 5.41) is 8.93. The average molecular weight is 745 g/mol. The van der Waals surface area contributed by atoms with Crippen molar-refractivity contribution in [3.05, 3.63) is 51.4 Å². The summed E-state index contributed by atoms with van der Waals surface area (Å²) in [6, 6.07) is 1.99. The first-order valence-electron chi connectivity index (χ1n) is 16.6. The maximum Gasteiger partial charge on any atom is 0.434 e. The van der Waals surface area contributed by atoms with Crippen molar-refractivity contribution in [2.24, 2.45) is 0 Å². The molecule has 4 aromatic rings. The molecule has 4 aromatic heterocycles. The summed E-state index contributed by atoms with van der Waals surface area (Å²) in [4.78, 5) is 66.8. The van der Waals surface area contributed by atoms with E-state index >= 15 is 0 Å². The second kappa shape index (κ2) is 15.1.